The average Bonchev–Trinajstić information content (AvgIpc) is 3.87. The molecule has 8 atom stereocenters. The molecule has 2 bridgehead atoms. The molecule has 56 heavy (non-hydrogen) atoms. The largest absolute Gasteiger partial charge is 0.455 e. The number of anilines is 2. The van der Waals surface area contributed by atoms with Crippen LogP contribution >= 0.6 is 0 Å². The summed E-state index contributed by atoms with van der Waals surface area (Å²) in [4.78, 5) is 63.0. The summed E-state index contributed by atoms with van der Waals surface area (Å²) in [6.07, 6.45) is 3.30. The average molecular weight is 763 g/mol. The number of carbonyl (C=O) groups is 4. The number of aliphatic hydroxyl groups excluding tert-OH is 1. The summed E-state index contributed by atoms with van der Waals surface area (Å²) in [5.41, 5.74) is 1.61. The fraction of sp³-hybridized carbons (Fsp3) is 0.422. The number of benzene rings is 3. The van der Waals surface area contributed by atoms with Crippen LogP contribution in [0.1, 0.15) is 69.7 Å². The van der Waals surface area contributed by atoms with Gasteiger partial charge in [-0.05, 0) is 75.4 Å². The molecule has 6 rings (SSSR count). The Bertz CT molecular complexity index is 1870. The molecule has 3 saturated heterocycles. The second kappa shape index (κ2) is 17.7. The van der Waals surface area contributed by atoms with Crippen molar-refractivity contribution in [3.63, 3.8) is 0 Å². The Hall–Kier alpha value is -5.26. The molecule has 0 radical (unpaired) electrons. The molecule has 11 nitrogen and oxygen atoms in total. The van der Waals surface area contributed by atoms with E-state index in [2.05, 4.69) is 37.2 Å². The van der Waals surface area contributed by atoms with Crippen molar-refractivity contribution >= 4 is 35.1 Å². The van der Waals surface area contributed by atoms with Gasteiger partial charge in [0.1, 0.15) is 17.7 Å². The van der Waals surface area contributed by atoms with Gasteiger partial charge in [-0.25, -0.2) is 0 Å². The van der Waals surface area contributed by atoms with Crippen molar-refractivity contribution in [2.45, 2.75) is 82.4 Å². The smallest absolute Gasteiger partial charge is 0.313 e. The summed E-state index contributed by atoms with van der Waals surface area (Å²) < 4.78 is 13.1. The van der Waals surface area contributed by atoms with Gasteiger partial charge in [0.15, 0.2) is 0 Å². The van der Waals surface area contributed by atoms with Crippen molar-refractivity contribution in [1.82, 2.24) is 10.2 Å². The molecule has 3 aliphatic rings. The van der Waals surface area contributed by atoms with Crippen molar-refractivity contribution in [3.8, 4) is 0 Å². The minimum absolute atomic E-state index is 0.155. The zero-order valence-electron chi connectivity index (χ0n) is 32.6. The van der Waals surface area contributed by atoms with Gasteiger partial charge in [-0.1, -0.05) is 72.8 Å². The number of hydrogen-bond donors (Lipinski definition) is 2. The highest BCUT2D eigenvalue weighted by atomic mass is 16.6. The van der Waals surface area contributed by atoms with E-state index in [4.69, 9.17) is 9.47 Å². The Labute approximate surface area is 329 Å². The molecular weight excluding hydrogens is 709 g/mol. The minimum atomic E-state index is -1.36. The number of carbonyl (C=O) groups excluding carboxylic acids is 4. The van der Waals surface area contributed by atoms with E-state index in [1.54, 1.807) is 24.0 Å². The van der Waals surface area contributed by atoms with Crippen LogP contribution in [0.2, 0.25) is 0 Å². The van der Waals surface area contributed by atoms with Crippen LogP contribution in [0, 0.1) is 11.8 Å². The number of amides is 3. The third-order valence-corrected chi connectivity index (χ3v) is 11.6. The number of nitrogens with zero attached hydrogens (tertiary/aromatic N) is 3. The van der Waals surface area contributed by atoms with Gasteiger partial charge >= 0.3 is 5.97 Å². The summed E-state index contributed by atoms with van der Waals surface area (Å²) in [6, 6.07) is 23.3. The first-order chi connectivity index (χ1) is 27.1. The highest BCUT2D eigenvalue weighted by molar-refractivity contribution is 6.05. The topological polar surface area (TPSA) is 129 Å². The van der Waals surface area contributed by atoms with Gasteiger partial charge in [0.05, 0.1) is 36.6 Å². The Balaban J connectivity index is 1.38. The lowest BCUT2D eigenvalue weighted by molar-refractivity contribution is -0.162. The lowest BCUT2D eigenvalue weighted by Gasteiger charge is -2.39. The van der Waals surface area contributed by atoms with Gasteiger partial charge in [0, 0.05) is 37.4 Å². The summed E-state index contributed by atoms with van der Waals surface area (Å²) in [6.45, 7) is 14.9. The number of ether oxygens (including phenoxy) is 2. The van der Waals surface area contributed by atoms with E-state index in [0.717, 1.165) is 18.8 Å². The Kier molecular flexibility index (Phi) is 12.8. The number of nitrogens with one attached hydrogen (secondary N) is 1. The maximum atomic E-state index is 15.3. The van der Waals surface area contributed by atoms with Crippen LogP contribution in [0.3, 0.4) is 0 Å². The fourth-order valence-electron chi connectivity index (χ4n) is 8.98. The van der Waals surface area contributed by atoms with Gasteiger partial charge in [0.25, 0.3) is 5.91 Å². The van der Waals surface area contributed by atoms with Crippen LogP contribution in [0.4, 0.5) is 11.4 Å². The highest BCUT2D eigenvalue weighted by Crippen LogP contribution is 2.60. The molecule has 3 fully saturated rings. The minimum Gasteiger partial charge on any atom is -0.455 e. The number of aliphatic hydroxyl groups is 1. The van der Waals surface area contributed by atoms with Crippen molar-refractivity contribution < 1.29 is 33.8 Å². The number of likely N-dealkylation sites (tertiary alicyclic amines) is 1. The van der Waals surface area contributed by atoms with Gasteiger partial charge < -0.3 is 34.6 Å². The SMILES string of the molecule is C=CCCC(=O)N[C@H](C)[C@@H](OC(=O)[C@@H]1[C@@H]2CC[C@]3(O2)[C@H](C(=O)N(CC=C)c2ccc(N(CC)CC)cc2)N([C@H](CO)c2ccccc2)C(=O)[C@@H]13)c1ccccc1. The van der Waals surface area contributed by atoms with E-state index in [0.29, 0.717) is 36.1 Å². The van der Waals surface area contributed by atoms with E-state index in [1.165, 1.54) is 4.90 Å². The van der Waals surface area contributed by atoms with Crippen LogP contribution in [0.25, 0.3) is 0 Å². The van der Waals surface area contributed by atoms with E-state index in [1.807, 2.05) is 84.9 Å². The number of esters is 1. The summed E-state index contributed by atoms with van der Waals surface area (Å²) in [7, 11) is 0. The molecule has 11 heteroatoms. The fourth-order valence-corrected chi connectivity index (χ4v) is 8.98. The molecule has 3 heterocycles. The third kappa shape index (κ3) is 7.62. The summed E-state index contributed by atoms with van der Waals surface area (Å²) in [5, 5.41) is 13.9. The molecule has 3 aromatic rings. The van der Waals surface area contributed by atoms with Crippen molar-refractivity contribution in [3.05, 3.63) is 121 Å². The van der Waals surface area contributed by atoms with Crippen LogP contribution in [-0.4, -0.2) is 83.7 Å². The maximum absolute atomic E-state index is 15.3. The van der Waals surface area contributed by atoms with E-state index in [9.17, 15) is 14.7 Å². The number of allylic oxidation sites excluding steroid dienone is 1. The van der Waals surface area contributed by atoms with Crippen LogP contribution < -0.4 is 15.1 Å². The van der Waals surface area contributed by atoms with E-state index in [-0.39, 0.29) is 18.9 Å². The first-order valence-electron chi connectivity index (χ1n) is 19.7. The zero-order valence-corrected chi connectivity index (χ0v) is 32.6. The highest BCUT2D eigenvalue weighted by Gasteiger charge is 2.76. The number of fused-ring (bicyclic) bond motifs is 1. The number of rotatable bonds is 18. The maximum Gasteiger partial charge on any atom is 0.313 e. The summed E-state index contributed by atoms with van der Waals surface area (Å²) >= 11 is 0. The molecule has 0 aromatic heterocycles. The normalized spacial score (nSPS) is 23.8. The standard InChI is InChI=1S/C45H54N4O7/c1-6-10-21-37(51)46-30(5)40(32-19-15-12-16-20-32)55-44(54)38-36-26-27-45(56-36)39(38)42(52)49(35(29-50)31-17-13-11-14-18-31)41(45)43(53)48(28-7-2)34-24-22-33(23-25-34)47(8-3)9-4/h6-7,11-20,22-25,30,35-36,38-41,50H,1-2,8-10,21,26-29H2,3-5H3,(H,46,51)/t30-,35-,36+,38-,39-,40-,41+,45-/m1/s1. The van der Waals surface area contributed by atoms with Crippen LogP contribution in [0.5, 0.6) is 0 Å². The molecule has 3 aromatic carbocycles. The molecule has 0 unspecified atom stereocenters. The van der Waals surface area contributed by atoms with Crippen LogP contribution in [-0.2, 0) is 28.7 Å². The summed E-state index contributed by atoms with van der Waals surface area (Å²) in [5.74, 6) is -3.76. The lowest BCUT2D eigenvalue weighted by atomic mass is 9.70. The lowest BCUT2D eigenvalue weighted by Crippen LogP contribution is -2.57. The second-order valence-corrected chi connectivity index (χ2v) is 14.8. The monoisotopic (exact) mass is 762 g/mol. The van der Waals surface area contributed by atoms with Crippen molar-refractivity contribution in [2.24, 2.45) is 11.8 Å². The molecule has 296 valence electrons. The van der Waals surface area contributed by atoms with Crippen molar-refractivity contribution in [2.75, 3.05) is 36.0 Å². The molecule has 3 aliphatic heterocycles. The predicted octanol–water partition coefficient (Wildman–Crippen LogP) is 5.92. The molecule has 3 amide bonds. The quantitative estimate of drug-likeness (QED) is 0.121. The predicted molar refractivity (Wildman–Crippen MR) is 216 cm³/mol. The first kappa shape index (κ1) is 40.4. The molecule has 1 spiro atoms. The van der Waals surface area contributed by atoms with E-state index < -0.39 is 72.2 Å². The Morgan fingerprint density at radius 3 is 2.18 bits per heavy atom. The van der Waals surface area contributed by atoms with Crippen molar-refractivity contribution in [1.29, 1.82) is 0 Å². The Morgan fingerprint density at radius 1 is 0.964 bits per heavy atom. The first-order valence-corrected chi connectivity index (χ1v) is 19.7. The number of hydrogen-bond acceptors (Lipinski definition) is 8. The van der Waals surface area contributed by atoms with Gasteiger partial charge in [-0.15, -0.1) is 13.2 Å². The Morgan fingerprint density at radius 2 is 1.59 bits per heavy atom. The van der Waals surface area contributed by atoms with Gasteiger partial charge in [0.2, 0.25) is 11.8 Å². The molecule has 2 N–H and O–H groups in total. The second-order valence-electron chi connectivity index (χ2n) is 14.8. The van der Waals surface area contributed by atoms with Crippen LogP contribution in [0.15, 0.2) is 110 Å². The van der Waals surface area contributed by atoms with Gasteiger partial charge in [-0.3, -0.25) is 19.2 Å². The zero-order chi connectivity index (χ0) is 40.0. The molecule has 0 saturated carbocycles. The van der Waals surface area contributed by atoms with E-state index >= 15 is 9.59 Å². The third-order valence-electron chi connectivity index (χ3n) is 11.6. The molecular formula is C45H54N4O7. The molecule has 0 aliphatic carbocycles. The van der Waals surface area contributed by atoms with Gasteiger partial charge in [-0.2, -0.15) is 0 Å².